The van der Waals surface area contributed by atoms with Crippen LogP contribution in [0.2, 0.25) is 10.0 Å². The number of nitrogens with zero attached hydrogens (tertiary/aromatic N) is 2. The Morgan fingerprint density at radius 1 is 1.19 bits per heavy atom. The lowest BCUT2D eigenvalue weighted by atomic mass is 10.1. The third kappa shape index (κ3) is 4.72. The van der Waals surface area contributed by atoms with Crippen molar-refractivity contribution in [3.05, 3.63) is 57.7 Å². The van der Waals surface area contributed by atoms with Crippen molar-refractivity contribution in [2.24, 2.45) is 0 Å². The zero-order valence-electron chi connectivity index (χ0n) is 14.7. The van der Waals surface area contributed by atoms with Gasteiger partial charge in [-0.2, -0.15) is 0 Å². The summed E-state index contributed by atoms with van der Waals surface area (Å²) in [6.07, 6.45) is 1.49. The summed E-state index contributed by atoms with van der Waals surface area (Å²) in [6, 6.07) is 8.70. The Kier molecular flexibility index (Phi) is 5.93. The zero-order chi connectivity index (χ0) is 19.6. The van der Waals surface area contributed by atoms with Gasteiger partial charge in [0.05, 0.1) is 33.2 Å². The van der Waals surface area contributed by atoms with Crippen molar-refractivity contribution in [1.29, 1.82) is 0 Å². The molecule has 144 valence electrons. The summed E-state index contributed by atoms with van der Waals surface area (Å²) in [4.78, 5) is 18.3. The zero-order valence-corrected chi connectivity index (χ0v) is 17.0. The first-order chi connectivity index (χ1) is 12.8. The predicted molar refractivity (Wildman–Crippen MR) is 107 cm³/mol. The van der Waals surface area contributed by atoms with Gasteiger partial charge < -0.3 is 10.2 Å². The van der Waals surface area contributed by atoms with Gasteiger partial charge in [0.1, 0.15) is 5.82 Å². The van der Waals surface area contributed by atoms with E-state index in [-0.39, 0.29) is 36.5 Å². The summed E-state index contributed by atoms with van der Waals surface area (Å²) in [5, 5.41) is 4.20. The van der Waals surface area contributed by atoms with Crippen LogP contribution in [0.3, 0.4) is 0 Å². The molecule has 3 rings (SSSR count). The summed E-state index contributed by atoms with van der Waals surface area (Å²) < 4.78 is 23.0. The van der Waals surface area contributed by atoms with Crippen molar-refractivity contribution >= 4 is 44.8 Å². The molecule has 2 heterocycles. The third-order valence-corrected chi connectivity index (χ3v) is 6.90. The molecule has 1 aliphatic heterocycles. The maximum atomic E-state index is 12.5. The number of anilines is 1. The number of nitrogens with one attached hydrogen (secondary N) is 1. The Bertz CT molecular complexity index is 935. The average Bonchev–Trinajstić information content (AvgIpc) is 2.64. The van der Waals surface area contributed by atoms with Crippen molar-refractivity contribution in [3.8, 4) is 0 Å². The standard InChI is InChI=1S/C18H19Cl2N3O3S/c1-12(14-3-2-4-15(19)17(14)20)22-16-6-5-13(11-21-16)18(24)23-7-9-27(25,26)10-8-23/h2-6,11-12H,7-10H2,1H3,(H,21,22). The molecule has 1 atom stereocenters. The number of halogens is 2. The topological polar surface area (TPSA) is 79.4 Å². The minimum Gasteiger partial charge on any atom is -0.363 e. The summed E-state index contributed by atoms with van der Waals surface area (Å²) in [5.74, 6) is 0.388. The average molecular weight is 428 g/mol. The molecule has 1 aromatic heterocycles. The van der Waals surface area contributed by atoms with Crippen molar-refractivity contribution in [1.82, 2.24) is 9.88 Å². The van der Waals surface area contributed by atoms with Gasteiger partial charge in [0.2, 0.25) is 0 Å². The van der Waals surface area contributed by atoms with E-state index in [2.05, 4.69) is 10.3 Å². The van der Waals surface area contributed by atoms with Crippen LogP contribution in [0.15, 0.2) is 36.5 Å². The number of benzene rings is 1. The number of carbonyl (C=O) groups is 1. The number of hydrogen-bond acceptors (Lipinski definition) is 5. The Hall–Kier alpha value is -1.83. The maximum absolute atomic E-state index is 12.5. The van der Waals surface area contributed by atoms with Crippen LogP contribution in [0.4, 0.5) is 5.82 Å². The minimum absolute atomic E-state index is 0.00369. The van der Waals surface area contributed by atoms with E-state index in [1.807, 2.05) is 19.1 Å². The number of hydrogen-bond donors (Lipinski definition) is 1. The van der Waals surface area contributed by atoms with Crippen LogP contribution in [-0.2, 0) is 9.84 Å². The first kappa shape index (κ1) is 19.9. The Morgan fingerprint density at radius 2 is 1.89 bits per heavy atom. The Morgan fingerprint density at radius 3 is 2.52 bits per heavy atom. The number of pyridine rings is 1. The molecule has 0 saturated carbocycles. The van der Waals surface area contributed by atoms with E-state index >= 15 is 0 Å². The van der Waals surface area contributed by atoms with E-state index in [1.165, 1.54) is 6.20 Å². The SMILES string of the molecule is CC(Nc1ccc(C(=O)N2CCS(=O)(=O)CC2)cn1)c1cccc(Cl)c1Cl. The van der Waals surface area contributed by atoms with Crippen LogP contribution in [0.5, 0.6) is 0 Å². The molecule has 1 amide bonds. The Labute approximate surface area is 168 Å². The highest BCUT2D eigenvalue weighted by molar-refractivity contribution is 7.91. The van der Waals surface area contributed by atoms with Gasteiger partial charge in [-0.25, -0.2) is 13.4 Å². The first-order valence-electron chi connectivity index (χ1n) is 8.43. The van der Waals surface area contributed by atoms with E-state index in [9.17, 15) is 13.2 Å². The molecule has 1 fully saturated rings. The lowest BCUT2D eigenvalue weighted by Crippen LogP contribution is -2.43. The molecule has 1 N–H and O–H groups in total. The lowest BCUT2D eigenvalue weighted by molar-refractivity contribution is 0.0770. The summed E-state index contributed by atoms with van der Waals surface area (Å²) in [5.41, 5.74) is 1.27. The van der Waals surface area contributed by atoms with Gasteiger partial charge in [0.25, 0.3) is 5.91 Å². The molecule has 9 heteroatoms. The van der Waals surface area contributed by atoms with Crippen LogP contribution in [-0.4, -0.2) is 48.8 Å². The van der Waals surface area contributed by atoms with Gasteiger partial charge in [-0.15, -0.1) is 0 Å². The van der Waals surface area contributed by atoms with E-state index in [4.69, 9.17) is 23.2 Å². The second kappa shape index (κ2) is 8.04. The van der Waals surface area contributed by atoms with Crippen LogP contribution in [0.1, 0.15) is 28.9 Å². The highest BCUT2D eigenvalue weighted by Crippen LogP contribution is 2.31. The Balaban J connectivity index is 1.66. The maximum Gasteiger partial charge on any atom is 0.255 e. The molecule has 0 aliphatic carbocycles. The van der Waals surface area contributed by atoms with Gasteiger partial charge >= 0.3 is 0 Å². The monoisotopic (exact) mass is 427 g/mol. The van der Waals surface area contributed by atoms with Gasteiger partial charge in [0, 0.05) is 19.3 Å². The second-order valence-electron chi connectivity index (χ2n) is 6.39. The lowest BCUT2D eigenvalue weighted by Gasteiger charge is -2.26. The number of carbonyl (C=O) groups excluding carboxylic acids is 1. The van der Waals surface area contributed by atoms with Gasteiger partial charge in [-0.1, -0.05) is 35.3 Å². The third-order valence-electron chi connectivity index (χ3n) is 4.45. The quantitative estimate of drug-likeness (QED) is 0.807. The first-order valence-corrected chi connectivity index (χ1v) is 11.0. The fourth-order valence-electron chi connectivity index (χ4n) is 2.86. The molecule has 1 aromatic carbocycles. The van der Waals surface area contributed by atoms with E-state index < -0.39 is 9.84 Å². The normalized spacial score (nSPS) is 17.4. The molecule has 0 bridgehead atoms. The minimum atomic E-state index is -3.02. The molecule has 6 nitrogen and oxygen atoms in total. The van der Waals surface area contributed by atoms with Crippen LogP contribution in [0, 0.1) is 0 Å². The molecule has 1 unspecified atom stereocenters. The smallest absolute Gasteiger partial charge is 0.255 e. The predicted octanol–water partition coefficient (Wildman–Crippen LogP) is 3.43. The van der Waals surface area contributed by atoms with E-state index in [0.29, 0.717) is 21.4 Å². The van der Waals surface area contributed by atoms with E-state index in [1.54, 1.807) is 23.1 Å². The molecule has 1 saturated heterocycles. The van der Waals surface area contributed by atoms with Crippen molar-refractivity contribution < 1.29 is 13.2 Å². The molecule has 27 heavy (non-hydrogen) atoms. The molecule has 0 spiro atoms. The molecule has 2 aromatic rings. The highest BCUT2D eigenvalue weighted by atomic mass is 35.5. The second-order valence-corrected chi connectivity index (χ2v) is 9.47. The van der Waals surface area contributed by atoms with Crippen LogP contribution >= 0.6 is 23.2 Å². The van der Waals surface area contributed by atoms with Gasteiger partial charge in [0.15, 0.2) is 9.84 Å². The summed E-state index contributed by atoms with van der Waals surface area (Å²) >= 11 is 12.3. The van der Waals surface area contributed by atoms with Crippen LogP contribution < -0.4 is 5.32 Å². The van der Waals surface area contributed by atoms with Crippen LogP contribution in [0.25, 0.3) is 0 Å². The summed E-state index contributed by atoms with van der Waals surface area (Å²) in [7, 11) is -3.02. The van der Waals surface area contributed by atoms with Gasteiger partial charge in [-0.3, -0.25) is 4.79 Å². The van der Waals surface area contributed by atoms with E-state index in [0.717, 1.165) is 5.56 Å². The molecule has 1 aliphatic rings. The van der Waals surface area contributed by atoms with Crippen molar-refractivity contribution in [2.75, 3.05) is 29.9 Å². The molecular formula is C18H19Cl2N3O3S. The summed E-state index contributed by atoms with van der Waals surface area (Å²) in [6.45, 7) is 2.36. The largest absolute Gasteiger partial charge is 0.363 e. The van der Waals surface area contributed by atoms with Crippen molar-refractivity contribution in [2.45, 2.75) is 13.0 Å². The number of amides is 1. The fourth-order valence-corrected chi connectivity index (χ4v) is 4.53. The molecule has 0 radical (unpaired) electrons. The van der Waals surface area contributed by atoms with Gasteiger partial charge in [-0.05, 0) is 30.7 Å². The number of aromatic nitrogens is 1. The fraction of sp³-hybridized carbons (Fsp3) is 0.333. The number of sulfone groups is 1. The number of rotatable bonds is 4. The molecular weight excluding hydrogens is 409 g/mol. The highest BCUT2D eigenvalue weighted by Gasteiger charge is 2.25. The van der Waals surface area contributed by atoms with Crippen molar-refractivity contribution in [3.63, 3.8) is 0 Å².